The van der Waals surface area contributed by atoms with Gasteiger partial charge in [0.1, 0.15) is 0 Å². The molecule has 0 aliphatic carbocycles. The van der Waals surface area contributed by atoms with Gasteiger partial charge >= 0.3 is 59.7 Å². The van der Waals surface area contributed by atoms with E-state index in [-0.39, 0.29) is 8.41 Å². The molecule has 4 heteroatoms. The van der Waals surface area contributed by atoms with Crippen LogP contribution in [0.15, 0.2) is 0 Å². The molecular weight excluding hydrogens is 284 g/mol. The first-order valence-electron chi connectivity index (χ1n) is 1.39. The molecule has 0 radical (unpaired) electrons. The summed E-state index contributed by atoms with van der Waals surface area (Å²) in [5.41, 5.74) is 0. The Morgan fingerprint density at radius 3 is 1.14 bits per heavy atom. The molecule has 0 saturated heterocycles. The van der Waals surface area contributed by atoms with Gasteiger partial charge in [0, 0.05) is 0 Å². The molecule has 0 aromatic carbocycles. The summed E-state index contributed by atoms with van der Waals surface area (Å²) in [4.78, 5) is 0. The largest absolute Gasteiger partial charge is 0.0626 e. The van der Waals surface area contributed by atoms with Gasteiger partial charge in [0.15, 0.2) is 0 Å². The van der Waals surface area contributed by atoms with Crippen LogP contribution in [0, 0.1) is 0 Å². The molecule has 0 rings (SSSR count). The van der Waals surface area contributed by atoms with E-state index in [1.807, 2.05) is 5.82 Å². The predicted octanol–water partition coefficient (Wildman–Crippen LogP) is -0.843. The molecule has 0 aromatic rings. The Hall–Kier alpha value is 1.62. The minimum Gasteiger partial charge on any atom is -0.0626 e. The van der Waals surface area contributed by atoms with E-state index in [0.29, 0.717) is 0 Å². The number of hydrogen-bond donors (Lipinski definition) is 0. The predicted molar refractivity (Wildman–Crippen MR) is 46.2 cm³/mol. The van der Waals surface area contributed by atoms with Gasteiger partial charge in [-0.05, 0) is 0 Å². The van der Waals surface area contributed by atoms with Crippen molar-refractivity contribution < 1.29 is 0 Å². The quantitative estimate of drug-likeness (QED) is 0.554. The van der Waals surface area contributed by atoms with Crippen LogP contribution in [0.5, 0.6) is 0 Å². The topological polar surface area (TPSA) is 0 Å². The maximum atomic E-state index is 2.62. The zero-order valence-corrected chi connectivity index (χ0v) is 9.36. The normalized spacial score (nSPS) is 5.14. The van der Waals surface area contributed by atoms with Gasteiger partial charge in [0.2, 0.25) is 0 Å². The molecule has 0 saturated carbocycles. The first-order valence-corrected chi connectivity index (χ1v) is 10.9. The molecule has 48 valence electrons. The van der Waals surface area contributed by atoms with Crippen molar-refractivity contribution in [1.29, 1.82) is 0 Å². The molecule has 0 aliphatic rings. The summed E-state index contributed by atoms with van der Waals surface area (Å²) in [7, 11) is 0. The Labute approximate surface area is 67.8 Å². The Morgan fingerprint density at radius 1 is 1.00 bits per heavy atom. The minimum absolute atomic E-state index is 0. The van der Waals surface area contributed by atoms with E-state index in [1.54, 1.807) is 0 Å². The average molecular weight is 297 g/mol. The van der Waals surface area contributed by atoms with E-state index < -0.39 is 0 Å². The molecule has 0 nitrogen and oxygen atoms in total. The Kier molecular flexibility index (Phi) is 57.7. The second-order valence-corrected chi connectivity index (χ2v) is 9.00. The van der Waals surface area contributed by atoms with Crippen molar-refractivity contribution >= 4 is 50.7 Å². The first-order chi connectivity index (χ1) is 2.91. The van der Waals surface area contributed by atoms with E-state index in [9.17, 15) is 0 Å². The molecule has 0 heterocycles. The molecule has 0 unspecified atom stereocenters. The van der Waals surface area contributed by atoms with Crippen molar-refractivity contribution in [3.05, 3.63) is 0 Å². The molecule has 7 heavy (non-hydrogen) atoms. The van der Waals surface area contributed by atoms with Crippen LogP contribution in [0.3, 0.4) is 0 Å². The van der Waals surface area contributed by atoms with E-state index in [0.717, 1.165) is 26.3 Å². The van der Waals surface area contributed by atoms with Gasteiger partial charge in [-0.2, -0.15) is 0 Å². The Morgan fingerprint density at radius 2 is 1.14 bits per heavy atom. The van der Waals surface area contributed by atoms with Crippen LogP contribution in [0.4, 0.5) is 0 Å². The van der Waals surface area contributed by atoms with Crippen LogP contribution in [-0.4, -0.2) is 50.7 Å². The standard InChI is InChI=1S/C2H6Se2.CH4Se.BH4/c1-3-4-2;1-2;/h1-2H3;2H,1H3;1H4/q;;-1/p-1. The Balaban J connectivity index is -0.0000000480. The van der Waals surface area contributed by atoms with Crippen LogP contribution < -0.4 is 0 Å². The van der Waals surface area contributed by atoms with Crippen LogP contribution in [0.1, 0.15) is 0 Å². The SMILES string of the molecule is C[Se-].C[Se][Se]C.[BH4-]. The van der Waals surface area contributed by atoms with Gasteiger partial charge in [-0.1, -0.05) is 8.41 Å². The summed E-state index contributed by atoms with van der Waals surface area (Å²) in [5.74, 6) is 6.42. The van der Waals surface area contributed by atoms with Gasteiger partial charge in [-0.3, -0.25) is 0 Å². The van der Waals surface area contributed by atoms with Gasteiger partial charge < -0.3 is 0 Å². The zero-order chi connectivity index (χ0) is 5.41. The van der Waals surface area contributed by atoms with Gasteiger partial charge in [-0.15, -0.1) is 0 Å². The summed E-state index contributed by atoms with van der Waals surface area (Å²) in [5, 5.41) is 0. The van der Waals surface area contributed by atoms with Gasteiger partial charge in [0.05, 0.1) is 0 Å². The van der Waals surface area contributed by atoms with E-state index in [2.05, 4.69) is 27.7 Å². The summed E-state index contributed by atoms with van der Waals surface area (Å²) in [6, 6.07) is 0. The molecule has 0 spiro atoms. The third kappa shape index (κ3) is 35.0. The van der Waals surface area contributed by atoms with Crippen molar-refractivity contribution in [1.82, 2.24) is 0 Å². The van der Waals surface area contributed by atoms with E-state index in [1.165, 1.54) is 0 Å². The molecule has 0 fully saturated rings. The third-order valence-electron chi connectivity index (χ3n) is 0.167. The van der Waals surface area contributed by atoms with Crippen molar-refractivity contribution in [2.45, 2.75) is 17.5 Å². The smallest absolute Gasteiger partial charge is 0.0626 e. The average Bonchev–Trinajstić information content (AvgIpc) is 1.72. The van der Waals surface area contributed by atoms with Gasteiger partial charge in [0.25, 0.3) is 0 Å². The van der Waals surface area contributed by atoms with E-state index >= 15 is 0 Å². The van der Waals surface area contributed by atoms with Crippen LogP contribution >= 0.6 is 0 Å². The van der Waals surface area contributed by atoms with Crippen molar-refractivity contribution in [3.63, 3.8) is 0 Å². The zero-order valence-electron chi connectivity index (χ0n) is 4.22. The minimum atomic E-state index is 0. The van der Waals surface area contributed by atoms with Crippen molar-refractivity contribution in [3.8, 4) is 0 Å². The van der Waals surface area contributed by atoms with E-state index in [4.69, 9.17) is 0 Å². The molecular formula is C3H13BSe3-2. The fraction of sp³-hybridized carbons (Fsp3) is 1.00. The molecule has 0 aromatic heterocycles. The molecule has 0 bridgehead atoms. The first kappa shape index (κ1) is 15.8. The summed E-state index contributed by atoms with van der Waals surface area (Å²) in [6.07, 6.45) is 0. The maximum Gasteiger partial charge on any atom is -0.0626 e. The molecule has 0 N–H and O–H groups in total. The summed E-state index contributed by atoms with van der Waals surface area (Å²) < 4.78 is 0. The summed E-state index contributed by atoms with van der Waals surface area (Å²) in [6.45, 7) is 0. The third-order valence-corrected chi connectivity index (χ3v) is 4.50. The maximum absolute atomic E-state index is 2.62. The van der Waals surface area contributed by atoms with Crippen molar-refractivity contribution in [2.75, 3.05) is 0 Å². The Bertz CT molecular complexity index is 12.1. The van der Waals surface area contributed by atoms with Crippen LogP contribution in [-0.2, 0) is 0 Å². The fourth-order valence-corrected chi connectivity index (χ4v) is 0. The van der Waals surface area contributed by atoms with Crippen LogP contribution in [0.2, 0.25) is 17.5 Å². The fourth-order valence-electron chi connectivity index (χ4n) is 0. The molecule has 0 amide bonds. The monoisotopic (exact) mass is 300 g/mol. The summed E-state index contributed by atoms with van der Waals surface area (Å²) >= 11 is 4.58. The second-order valence-electron chi connectivity index (χ2n) is 0.333. The number of hydrogen-bond acceptors (Lipinski definition) is 0. The second kappa shape index (κ2) is 25.5. The van der Waals surface area contributed by atoms with Crippen LogP contribution in [0.25, 0.3) is 0 Å². The molecule has 0 atom stereocenters. The van der Waals surface area contributed by atoms with Gasteiger partial charge in [-0.25, -0.2) is 0 Å². The molecule has 0 aliphatic heterocycles. The number of rotatable bonds is 1. The van der Waals surface area contributed by atoms with Crippen molar-refractivity contribution in [2.24, 2.45) is 0 Å².